The van der Waals surface area contributed by atoms with E-state index in [9.17, 15) is 13.6 Å². The minimum Gasteiger partial charge on any atom is -0.497 e. The van der Waals surface area contributed by atoms with Gasteiger partial charge in [0, 0.05) is 11.0 Å². The maximum absolute atomic E-state index is 13.2. The van der Waals surface area contributed by atoms with Gasteiger partial charge in [0.15, 0.2) is 0 Å². The highest BCUT2D eigenvalue weighted by atomic mass is 19.3. The number of alkyl halides is 2. The van der Waals surface area contributed by atoms with Crippen LogP contribution in [0.1, 0.15) is 17.3 Å². The molecule has 0 aromatic heterocycles. The lowest BCUT2D eigenvalue weighted by Crippen LogP contribution is -2.26. The molecule has 19 heavy (non-hydrogen) atoms. The maximum atomic E-state index is 13.2. The van der Waals surface area contributed by atoms with Gasteiger partial charge in [0.1, 0.15) is 11.5 Å². The van der Waals surface area contributed by atoms with E-state index in [1.54, 1.807) is 6.92 Å². The molecule has 8 heteroatoms. The van der Waals surface area contributed by atoms with Gasteiger partial charge in [0.25, 0.3) is 0 Å². The van der Waals surface area contributed by atoms with Crippen LogP contribution in [0.25, 0.3) is 10.4 Å². The summed E-state index contributed by atoms with van der Waals surface area (Å²) in [6, 6.07) is -0.382. The molecular formula is C11H11F2N3O3. The summed E-state index contributed by atoms with van der Waals surface area (Å²) in [5, 5.41) is 2.19. The lowest BCUT2D eigenvalue weighted by atomic mass is 10.1. The van der Waals surface area contributed by atoms with E-state index in [-0.39, 0.29) is 17.9 Å². The normalized spacial score (nSPS) is 10.5. The van der Waals surface area contributed by atoms with Gasteiger partial charge in [-0.25, -0.2) is 0 Å². The lowest BCUT2D eigenvalue weighted by molar-refractivity contribution is 0.0145. The van der Waals surface area contributed by atoms with E-state index in [0.29, 0.717) is 5.75 Å². The van der Waals surface area contributed by atoms with Crippen molar-refractivity contribution >= 4 is 5.78 Å². The monoisotopic (exact) mass is 271 g/mol. The molecule has 0 bridgehead atoms. The minimum absolute atomic E-state index is 0.0559. The predicted octanol–water partition coefficient (Wildman–Crippen LogP) is 3.18. The highest BCUT2D eigenvalue weighted by Gasteiger charge is 2.40. The third-order valence-electron chi connectivity index (χ3n) is 2.18. The van der Waals surface area contributed by atoms with Crippen molar-refractivity contribution in [1.29, 1.82) is 0 Å². The Balaban J connectivity index is 3.25. The van der Waals surface area contributed by atoms with Gasteiger partial charge in [0.05, 0.1) is 19.3 Å². The molecule has 1 rings (SSSR count). The second kappa shape index (κ2) is 6.01. The molecule has 102 valence electrons. The van der Waals surface area contributed by atoms with Crippen molar-refractivity contribution in [3.63, 3.8) is 0 Å². The summed E-state index contributed by atoms with van der Waals surface area (Å²) in [4.78, 5) is 13.6. The van der Waals surface area contributed by atoms with Crippen LogP contribution in [-0.2, 0) is 0 Å². The van der Waals surface area contributed by atoms with Crippen LogP contribution in [0, 0.1) is 0 Å². The number of halogens is 2. The van der Waals surface area contributed by atoms with Crippen molar-refractivity contribution in [2.75, 3.05) is 13.7 Å². The summed E-state index contributed by atoms with van der Waals surface area (Å²) in [6.45, 7) is 1.82. The van der Waals surface area contributed by atoms with Gasteiger partial charge in [-0.2, -0.15) is 8.78 Å². The fraction of sp³-hybridized carbons (Fsp3) is 0.364. The van der Waals surface area contributed by atoms with Gasteiger partial charge in [0.2, 0.25) is 5.78 Å². The summed E-state index contributed by atoms with van der Waals surface area (Å²) in [6.07, 6.45) is 0. The number of hydrogen-bond donors (Lipinski definition) is 0. The van der Waals surface area contributed by atoms with Crippen LogP contribution in [0.15, 0.2) is 23.3 Å². The summed E-state index contributed by atoms with van der Waals surface area (Å²) >= 11 is 0. The average Bonchev–Trinajstić information content (AvgIpc) is 2.38. The Hall–Kier alpha value is -2.34. The van der Waals surface area contributed by atoms with Crippen LogP contribution in [-0.4, -0.2) is 25.5 Å². The molecule has 0 N–H and O–H groups in total. The highest BCUT2D eigenvalue weighted by Crippen LogP contribution is 2.30. The van der Waals surface area contributed by atoms with Gasteiger partial charge in [-0.15, -0.1) is 0 Å². The van der Waals surface area contributed by atoms with Gasteiger partial charge >= 0.3 is 6.05 Å². The molecule has 0 atom stereocenters. The zero-order chi connectivity index (χ0) is 14.5. The number of hydrogen-bond acceptors (Lipinski definition) is 4. The molecule has 0 saturated carbocycles. The van der Waals surface area contributed by atoms with Gasteiger partial charge in [-0.3, -0.25) is 4.79 Å². The number of ketones is 1. The quantitative estimate of drug-likeness (QED) is 0.262. The van der Waals surface area contributed by atoms with E-state index in [2.05, 4.69) is 5.11 Å². The van der Waals surface area contributed by atoms with E-state index < -0.39 is 11.8 Å². The maximum Gasteiger partial charge on any atom is 0.387 e. The van der Waals surface area contributed by atoms with Gasteiger partial charge in [-0.05, 0) is 29.7 Å². The first-order valence-corrected chi connectivity index (χ1v) is 5.26. The van der Waals surface area contributed by atoms with Crippen molar-refractivity contribution in [2.24, 2.45) is 5.11 Å². The molecule has 0 fully saturated rings. The van der Waals surface area contributed by atoms with E-state index in [1.165, 1.54) is 19.2 Å². The smallest absolute Gasteiger partial charge is 0.387 e. The summed E-state index contributed by atoms with van der Waals surface area (Å²) in [5.74, 6) is -1.33. The van der Waals surface area contributed by atoms with Crippen molar-refractivity contribution < 1.29 is 23.0 Å². The average molecular weight is 271 g/mol. The largest absolute Gasteiger partial charge is 0.497 e. The molecule has 0 heterocycles. The van der Waals surface area contributed by atoms with Crippen molar-refractivity contribution in [2.45, 2.75) is 13.0 Å². The highest BCUT2D eigenvalue weighted by molar-refractivity contribution is 6.03. The second-order valence-corrected chi connectivity index (χ2v) is 3.35. The van der Waals surface area contributed by atoms with E-state index >= 15 is 0 Å². The molecule has 0 aliphatic rings. The molecule has 0 radical (unpaired) electrons. The lowest BCUT2D eigenvalue weighted by Gasteiger charge is -2.13. The Morgan fingerprint density at radius 3 is 2.74 bits per heavy atom. The fourth-order valence-corrected chi connectivity index (χ4v) is 1.36. The molecule has 1 aromatic rings. The third-order valence-corrected chi connectivity index (χ3v) is 2.18. The molecule has 0 aliphatic heterocycles. The van der Waals surface area contributed by atoms with Crippen LogP contribution < -0.4 is 9.47 Å². The molecule has 0 saturated heterocycles. The standard InChI is InChI=1S/C11H11F2N3O3/c1-3-19-9-6-7(18-2)4-5-8(9)10(17)11(12,13)15-16-14/h4-6H,3H2,1-2H3. The Kier molecular flexibility index (Phi) is 4.66. The minimum atomic E-state index is -4.16. The molecule has 0 aliphatic carbocycles. The number of benzene rings is 1. The first-order valence-electron chi connectivity index (χ1n) is 5.26. The number of methoxy groups -OCH3 is 1. The Labute approximate surface area is 107 Å². The van der Waals surface area contributed by atoms with Crippen LogP contribution >= 0.6 is 0 Å². The first kappa shape index (κ1) is 14.7. The third kappa shape index (κ3) is 3.32. The Bertz CT molecular complexity index is 528. The van der Waals surface area contributed by atoms with Crippen LogP contribution in [0.3, 0.4) is 0 Å². The van der Waals surface area contributed by atoms with E-state index in [0.717, 1.165) is 6.07 Å². The second-order valence-electron chi connectivity index (χ2n) is 3.35. The van der Waals surface area contributed by atoms with Crippen LogP contribution in [0.2, 0.25) is 0 Å². The van der Waals surface area contributed by atoms with E-state index in [1.807, 2.05) is 4.91 Å². The van der Waals surface area contributed by atoms with Gasteiger partial charge < -0.3 is 9.47 Å². The topological polar surface area (TPSA) is 84.3 Å². The number of Topliss-reactive ketones (excluding diaryl/α,β-unsaturated/α-hetero) is 1. The summed E-state index contributed by atoms with van der Waals surface area (Å²) in [7, 11) is 1.39. The summed E-state index contributed by atoms with van der Waals surface area (Å²) < 4.78 is 36.5. The number of carbonyl (C=O) groups excluding carboxylic acids is 1. The number of nitrogens with zero attached hydrogens (tertiary/aromatic N) is 3. The van der Waals surface area contributed by atoms with Crippen LogP contribution in [0.4, 0.5) is 8.78 Å². The zero-order valence-electron chi connectivity index (χ0n) is 10.3. The molecule has 0 spiro atoms. The first-order chi connectivity index (χ1) is 8.96. The molecule has 0 unspecified atom stereocenters. The number of azide groups is 1. The SMILES string of the molecule is CCOc1cc(OC)ccc1C(=O)C(F)(F)N=[N+]=[N-]. The van der Waals surface area contributed by atoms with Crippen LogP contribution in [0.5, 0.6) is 11.5 Å². The predicted molar refractivity (Wildman–Crippen MR) is 62.6 cm³/mol. The van der Waals surface area contributed by atoms with Gasteiger partial charge in [-0.1, -0.05) is 0 Å². The van der Waals surface area contributed by atoms with Crippen molar-refractivity contribution in [3.05, 3.63) is 34.2 Å². The zero-order valence-corrected chi connectivity index (χ0v) is 10.3. The van der Waals surface area contributed by atoms with E-state index in [4.69, 9.17) is 15.0 Å². The fourth-order valence-electron chi connectivity index (χ4n) is 1.36. The molecule has 1 aromatic carbocycles. The van der Waals surface area contributed by atoms with Crippen molar-refractivity contribution in [3.8, 4) is 11.5 Å². The number of rotatable bonds is 6. The Morgan fingerprint density at radius 2 is 2.21 bits per heavy atom. The summed E-state index contributed by atoms with van der Waals surface area (Å²) in [5.41, 5.74) is 7.65. The Morgan fingerprint density at radius 1 is 1.53 bits per heavy atom. The van der Waals surface area contributed by atoms with Crippen molar-refractivity contribution in [1.82, 2.24) is 0 Å². The molecule has 0 amide bonds. The molecular weight excluding hydrogens is 260 g/mol. The number of carbonyl (C=O) groups is 1. The number of ether oxygens (including phenoxy) is 2. The molecule has 6 nitrogen and oxygen atoms in total.